The Labute approximate surface area is 89.7 Å². The Hall–Kier alpha value is -0.0400. The molecular weight excluding hydrogens is 170 g/mol. The van der Waals surface area contributed by atoms with Gasteiger partial charge in [0.2, 0.25) is 0 Å². The van der Waals surface area contributed by atoms with Crippen molar-refractivity contribution >= 4 is 0 Å². The lowest BCUT2D eigenvalue weighted by Gasteiger charge is -2.42. The van der Waals surface area contributed by atoms with Crippen molar-refractivity contribution in [2.75, 3.05) is 6.54 Å². The molecule has 0 amide bonds. The van der Waals surface area contributed by atoms with E-state index in [9.17, 15) is 0 Å². The van der Waals surface area contributed by atoms with Crippen LogP contribution in [0.15, 0.2) is 0 Å². The van der Waals surface area contributed by atoms with Crippen molar-refractivity contribution in [2.45, 2.75) is 65.8 Å². The number of nitrogens with one attached hydrogen (secondary N) is 1. The van der Waals surface area contributed by atoms with E-state index in [2.05, 4.69) is 39.9 Å². The summed E-state index contributed by atoms with van der Waals surface area (Å²) in [5.41, 5.74) is 0.883. The first-order valence-electron chi connectivity index (χ1n) is 6.22. The summed E-state index contributed by atoms with van der Waals surface area (Å²) in [6.07, 6.45) is 5.38. The van der Waals surface area contributed by atoms with E-state index in [0.29, 0.717) is 11.0 Å². The molecule has 0 aromatic rings. The highest BCUT2D eigenvalue weighted by Crippen LogP contribution is 2.47. The van der Waals surface area contributed by atoms with E-state index >= 15 is 0 Å². The van der Waals surface area contributed by atoms with Crippen LogP contribution in [0.3, 0.4) is 0 Å². The van der Waals surface area contributed by atoms with E-state index in [4.69, 9.17) is 0 Å². The molecule has 0 radical (unpaired) electrons. The van der Waals surface area contributed by atoms with Crippen molar-refractivity contribution in [3.05, 3.63) is 0 Å². The molecule has 1 fully saturated rings. The molecule has 0 saturated carbocycles. The van der Waals surface area contributed by atoms with Crippen molar-refractivity contribution in [3.63, 3.8) is 0 Å². The van der Waals surface area contributed by atoms with Gasteiger partial charge in [-0.2, -0.15) is 0 Å². The smallest absolute Gasteiger partial charge is 0.0181 e. The van der Waals surface area contributed by atoms with Crippen LogP contribution >= 0.6 is 0 Å². The maximum Gasteiger partial charge on any atom is 0.0181 e. The summed E-state index contributed by atoms with van der Waals surface area (Å²) >= 11 is 0. The number of hydrogen-bond acceptors (Lipinski definition) is 1. The third kappa shape index (κ3) is 1.98. The van der Waals surface area contributed by atoms with Gasteiger partial charge in [0.05, 0.1) is 0 Å². The predicted molar refractivity (Wildman–Crippen MR) is 63.5 cm³/mol. The Balaban J connectivity index is 2.75. The summed E-state index contributed by atoms with van der Waals surface area (Å²) in [7, 11) is 0. The average Bonchev–Trinajstić information content (AvgIpc) is 2.42. The lowest BCUT2D eigenvalue weighted by molar-refractivity contribution is 0.122. The van der Waals surface area contributed by atoms with Crippen molar-refractivity contribution in [1.29, 1.82) is 0 Å². The molecule has 0 aromatic carbocycles. The molecule has 1 aliphatic rings. The van der Waals surface area contributed by atoms with Gasteiger partial charge in [0.15, 0.2) is 0 Å². The highest BCUT2D eigenvalue weighted by atomic mass is 15.0. The van der Waals surface area contributed by atoms with Gasteiger partial charge < -0.3 is 5.32 Å². The predicted octanol–water partition coefficient (Wildman–Crippen LogP) is 3.59. The molecule has 1 nitrogen and oxygen atoms in total. The second-order valence-corrected chi connectivity index (χ2v) is 5.65. The third-order valence-corrected chi connectivity index (χ3v) is 4.61. The molecule has 2 atom stereocenters. The molecule has 1 heterocycles. The van der Waals surface area contributed by atoms with Gasteiger partial charge in [-0.1, -0.05) is 27.2 Å². The quantitative estimate of drug-likeness (QED) is 0.726. The third-order valence-electron chi connectivity index (χ3n) is 4.61. The molecule has 84 valence electrons. The van der Waals surface area contributed by atoms with Crippen LogP contribution in [0, 0.1) is 11.3 Å². The highest BCUT2D eigenvalue weighted by Gasteiger charge is 2.47. The number of hydrogen-bond donors (Lipinski definition) is 1. The normalized spacial score (nSPS) is 33.2. The van der Waals surface area contributed by atoms with E-state index in [1.54, 1.807) is 0 Å². The first-order chi connectivity index (χ1) is 6.47. The van der Waals surface area contributed by atoms with E-state index in [1.807, 2.05) is 0 Å². The average molecular weight is 197 g/mol. The van der Waals surface area contributed by atoms with Crippen molar-refractivity contribution in [1.82, 2.24) is 5.32 Å². The molecule has 2 unspecified atom stereocenters. The van der Waals surface area contributed by atoms with Crippen LogP contribution in [0.4, 0.5) is 0 Å². The SMILES string of the molecule is CCC(C)CC1(CC)CCNC1(C)C. The Morgan fingerprint density at radius 3 is 2.29 bits per heavy atom. The van der Waals surface area contributed by atoms with Gasteiger partial charge in [0.1, 0.15) is 0 Å². The van der Waals surface area contributed by atoms with Crippen LogP contribution in [0.5, 0.6) is 0 Å². The fraction of sp³-hybridized carbons (Fsp3) is 1.00. The molecule has 0 aliphatic carbocycles. The van der Waals surface area contributed by atoms with Gasteiger partial charge in [-0.3, -0.25) is 0 Å². The molecule has 1 saturated heterocycles. The largest absolute Gasteiger partial charge is 0.311 e. The van der Waals surface area contributed by atoms with Crippen LogP contribution in [-0.4, -0.2) is 12.1 Å². The van der Waals surface area contributed by atoms with Crippen molar-refractivity contribution < 1.29 is 0 Å². The summed E-state index contributed by atoms with van der Waals surface area (Å²) < 4.78 is 0. The minimum absolute atomic E-state index is 0.338. The molecule has 14 heavy (non-hydrogen) atoms. The maximum atomic E-state index is 3.67. The van der Waals surface area contributed by atoms with E-state index in [-0.39, 0.29) is 0 Å². The Morgan fingerprint density at radius 1 is 1.29 bits per heavy atom. The molecule has 0 spiro atoms. The lowest BCUT2D eigenvalue weighted by atomic mass is 9.65. The second-order valence-electron chi connectivity index (χ2n) is 5.65. The zero-order valence-electron chi connectivity index (χ0n) is 10.6. The highest BCUT2D eigenvalue weighted by molar-refractivity contribution is 5.03. The summed E-state index contributed by atoms with van der Waals surface area (Å²) in [4.78, 5) is 0. The Kier molecular flexibility index (Phi) is 3.63. The Morgan fingerprint density at radius 2 is 1.93 bits per heavy atom. The van der Waals surface area contributed by atoms with Gasteiger partial charge in [0, 0.05) is 5.54 Å². The fourth-order valence-electron chi connectivity index (χ4n) is 3.05. The minimum Gasteiger partial charge on any atom is -0.311 e. The molecule has 0 bridgehead atoms. The second kappa shape index (κ2) is 4.22. The topological polar surface area (TPSA) is 12.0 Å². The lowest BCUT2D eigenvalue weighted by Crippen LogP contribution is -2.47. The first kappa shape index (κ1) is 12.0. The van der Waals surface area contributed by atoms with E-state index in [0.717, 1.165) is 5.92 Å². The summed E-state index contributed by atoms with van der Waals surface area (Å²) in [6, 6.07) is 0. The summed E-state index contributed by atoms with van der Waals surface area (Å²) in [5.74, 6) is 0.870. The van der Waals surface area contributed by atoms with Crippen molar-refractivity contribution in [2.24, 2.45) is 11.3 Å². The van der Waals surface area contributed by atoms with E-state index in [1.165, 1.54) is 32.2 Å². The molecule has 1 heteroatoms. The van der Waals surface area contributed by atoms with Crippen LogP contribution in [-0.2, 0) is 0 Å². The monoisotopic (exact) mass is 197 g/mol. The maximum absolute atomic E-state index is 3.67. The zero-order chi connectivity index (χ0) is 10.8. The molecule has 0 aromatic heterocycles. The zero-order valence-corrected chi connectivity index (χ0v) is 10.6. The van der Waals surface area contributed by atoms with Crippen molar-refractivity contribution in [3.8, 4) is 0 Å². The van der Waals surface area contributed by atoms with E-state index < -0.39 is 0 Å². The Bertz CT molecular complexity index is 186. The van der Waals surface area contributed by atoms with Gasteiger partial charge in [-0.25, -0.2) is 0 Å². The molecular formula is C13H27N. The fourth-order valence-corrected chi connectivity index (χ4v) is 3.05. The minimum atomic E-state index is 0.338. The van der Waals surface area contributed by atoms with Gasteiger partial charge >= 0.3 is 0 Å². The van der Waals surface area contributed by atoms with Crippen LogP contribution < -0.4 is 5.32 Å². The summed E-state index contributed by atoms with van der Waals surface area (Å²) in [6.45, 7) is 13.0. The number of rotatable bonds is 4. The molecule has 1 aliphatic heterocycles. The van der Waals surface area contributed by atoms with Gasteiger partial charge in [-0.15, -0.1) is 0 Å². The summed E-state index contributed by atoms with van der Waals surface area (Å²) in [5, 5.41) is 3.67. The van der Waals surface area contributed by atoms with Crippen LogP contribution in [0.1, 0.15) is 60.3 Å². The van der Waals surface area contributed by atoms with Gasteiger partial charge in [0.25, 0.3) is 0 Å². The van der Waals surface area contributed by atoms with Crippen LogP contribution in [0.2, 0.25) is 0 Å². The molecule has 1 N–H and O–H groups in total. The molecule has 1 rings (SSSR count). The van der Waals surface area contributed by atoms with Gasteiger partial charge in [-0.05, 0) is 51.0 Å². The standard InChI is InChI=1S/C13H27N/c1-6-11(3)10-13(7-2)8-9-14-12(13,4)5/h11,14H,6-10H2,1-5H3. The first-order valence-corrected chi connectivity index (χ1v) is 6.22. The van der Waals surface area contributed by atoms with Crippen LogP contribution in [0.25, 0.3) is 0 Å².